The first-order valence-corrected chi connectivity index (χ1v) is 7.74. The van der Waals surface area contributed by atoms with E-state index >= 15 is 0 Å². The molecule has 2 heterocycles. The molecule has 5 heteroatoms. The molecule has 0 saturated carbocycles. The van der Waals surface area contributed by atoms with Gasteiger partial charge in [-0.2, -0.15) is 5.10 Å². The van der Waals surface area contributed by atoms with Gasteiger partial charge in [-0.05, 0) is 33.6 Å². The maximum atomic E-state index is 12.6. The molecule has 100 valence electrons. The summed E-state index contributed by atoms with van der Waals surface area (Å²) in [4.78, 5) is 12.2. The summed E-state index contributed by atoms with van der Waals surface area (Å²) in [6, 6.07) is 13.4. The van der Waals surface area contributed by atoms with Gasteiger partial charge in [0.2, 0.25) is 0 Å². The lowest BCUT2D eigenvalue weighted by Crippen LogP contribution is -2.06. The molecule has 0 bridgehead atoms. The molecule has 0 amide bonds. The van der Waals surface area contributed by atoms with Gasteiger partial charge in [0.05, 0.1) is 17.3 Å². The molecule has 0 radical (unpaired) electrons. The first kappa shape index (κ1) is 13.5. The quantitative estimate of drug-likeness (QED) is 0.487. The Hall–Kier alpha value is -1.46. The molecule has 0 aliphatic carbocycles. The van der Waals surface area contributed by atoms with Gasteiger partial charge in [0.15, 0.2) is 5.78 Å². The zero-order chi connectivity index (χ0) is 14.1. The van der Waals surface area contributed by atoms with Crippen LogP contribution in [-0.4, -0.2) is 15.4 Å². The third kappa shape index (κ3) is 2.43. The van der Waals surface area contributed by atoms with Gasteiger partial charge in [-0.3, -0.25) is 4.79 Å². The Morgan fingerprint density at radius 3 is 2.65 bits per heavy atom. The van der Waals surface area contributed by atoms with Gasteiger partial charge >= 0.3 is 0 Å². The number of hydrogen-bond donors (Lipinski definition) is 0. The molecular formula is C15H10Br2N2O. The number of alkyl halides is 1. The van der Waals surface area contributed by atoms with Crippen LogP contribution in [0.4, 0.5) is 0 Å². The molecule has 0 fully saturated rings. The van der Waals surface area contributed by atoms with Crippen LogP contribution in [-0.2, 0) is 0 Å². The van der Waals surface area contributed by atoms with Crippen molar-refractivity contribution < 1.29 is 4.79 Å². The number of halogens is 2. The van der Waals surface area contributed by atoms with Gasteiger partial charge in [0, 0.05) is 10.7 Å². The average Bonchev–Trinajstić information content (AvgIpc) is 2.89. The Balaban J connectivity index is 2.01. The number of carbonyl (C=O) groups excluding carboxylic acids is 1. The molecule has 0 aliphatic rings. The highest BCUT2D eigenvalue weighted by molar-refractivity contribution is 9.10. The number of pyridine rings is 1. The lowest BCUT2D eigenvalue weighted by molar-refractivity contribution is 0.0993. The van der Waals surface area contributed by atoms with Crippen molar-refractivity contribution in [2.24, 2.45) is 0 Å². The summed E-state index contributed by atoms with van der Waals surface area (Å²) in [5.41, 5.74) is 2.36. The number of nitrogens with zero attached hydrogens (tertiary/aromatic N) is 2. The minimum atomic E-state index is -0.361. The lowest BCUT2D eigenvalue weighted by Gasteiger charge is -2.08. The predicted octanol–water partition coefficient (Wildman–Crippen LogP) is 4.42. The number of benzene rings is 1. The molecule has 2 aromatic heterocycles. The predicted molar refractivity (Wildman–Crippen MR) is 85.3 cm³/mol. The minimum absolute atomic E-state index is 0.00789. The van der Waals surface area contributed by atoms with Gasteiger partial charge in [0.1, 0.15) is 4.83 Å². The normalized spacial score (nSPS) is 12.5. The van der Waals surface area contributed by atoms with Crippen molar-refractivity contribution in [3.8, 4) is 0 Å². The van der Waals surface area contributed by atoms with E-state index in [1.165, 1.54) is 0 Å². The van der Waals surface area contributed by atoms with E-state index in [1.807, 2.05) is 48.7 Å². The SMILES string of the molecule is O=C(c1cnn2cc(Br)ccc12)C(Br)c1ccccc1. The molecule has 0 spiro atoms. The van der Waals surface area contributed by atoms with Crippen molar-refractivity contribution >= 4 is 43.2 Å². The van der Waals surface area contributed by atoms with Gasteiger partial charge < -0.3 is 0 Å². The van der Waals surface area contributed by atoms with Crippen molar-refractivity contribution in [2.75, 3.05) is 0 Å². The Morgan fingerprint density at radius 1 is 1.15 bits per heavy atom. The maximum Gasteiger partial charge on any atom is 0.184 e. The second-order valence-corrected chi connectivity index (χ2v) is 6.20. The Kier molecular flexibility index (Phi) is 3.72. The maximum absolute atomic E-state index is 12.6. The summed E-state index contributed by atoms with van der Waals surface area (Å²) in [6.45, 7) is 0. The van der Waals surface area contributed by atoms with E-state index < -0.39 is 0 Å². The first-order valence-electron chi connectivity index (χ1n) is 6.03. The van der Waals surface area contributed by atoms with Crippen LogP contribution < -0.4 is 0 Å². The van der Waals surface area contributed by atoms with Crippen LogP contribution in [0.1, 0.15) is 20.7 Å². The highest BCUT2D eigenvalue weighted by Gasteiger charge is 2.22. The largest absolute Gasteiger partial charge is 0.292 e. The van der Waals surface area contributed by atoms with Crippen molar-refractivity contribution in [2.45, 2.75) is 4.83 Å². The van der Waals surface area contributed by atoms with Gasteiger partial charge in [-0.1, -0.05) is 46.3 Å². The Morgan fingerprint density at radius 2 is 1.90 bits per heavy atom. The number of hydrogen-bond acceptors (Lipinski definition) is 2. The first-order chi connectivity index (χ1) is 9.66. The Labute approximate surface area is 132 Å². The van der Waals surface area contributed by atoms with E-state index in [2.05, 4.69) is 37.0 Å². The van der Waals surface area contributed by atoms with Gasteiger partial charge in [-0.15, -0.1) is 0 Å². The van der Waals surface area contributed by atoms with Crippen molar-refractivity contribution in [3.05, 3.63) is 70.5 Å². The fourth-order valence-electron chi connectivity index (χ4n) is 2.06. The fourth-order valence-corrected chi connectivity index (χ4v) is 2.94. The van der Waals surface area contributed by atoms with Crippen LogP contribution >= 0.6 is 31.9 Å². The van der Waals surface area contributed by atoms with E-state index in [-0.39, 0.29) is 10.6 Å². The number of rotatable bonds is 3. The minimum Gasteiger partial charge on any atom is -0.292 e. The zero-order valence-corrected chi connectivity index (χ0v) is 13.5. The second kappa shape index (κ2) is 5.50. The molecule has 0 N–H and O–H groups in total. The second-order valence-electron chi connectivity index (χ2n) is 4.37. The van der Waals surface area contributed by atoms with Gasteiger partial charge in [-0.25, -0.2) is 4.52 Å². The molecule has 0 aliphatic heterocycles. The van der Waals surface area contributed by atoms with Crippen LogP contribution in [0.2, 0.25) is 0 Å². The molecule has 1 unspecified atom stereocenters. The molecular weight excluding hydrogens is 384 g/mol. The van der Waals surface area contributed by atoms with Crippen LogP contribution in [0.5, 0.6) is 0 Å². The van der Waals surface area contributed by atoms with E-state index in [4.69, 9.17) is 0 Å². The molecule has 20 heavy (non-hydrogen) atoms. The number of aromatic nitrogens is 2. The summed E-state index contributed by atoms with van der Waals surface area (Å²) in [5, 5.41) is 4.22. The van der Waals surface area contributed by atoms with E-state index in [0.29, 0.717) is 5.56 Å². The average molecular weight is 394 g/mol. The van der Waals surface area contributed by atoms with Crippen LogP contribution in [0, 0.1) is 0 Å². The highest BCUT2D eigenvalue weighted by atomic mass is 79.9. The summed E-state index contributed by atoms with van der Waals surface area (Å²) in [5.74, 6) is 0.00789. The number of fused-ring (bicyclic) bond motifs is 1. The summed E-state index contributed by atoms with van der Waals surface area (Å²) < 4.78 is 2.62. The third-order valence-corrected chi connectivity index (χ3v) is 4.48. The molecule has 0 saturated heterocycles. The standard InChI is InChI=1S/C15H10Br2N2O/c16-11-6-7-13-12(8-18-19(13)9-11)15(20)14(17)10-4-2-1-3-5-10/h1-9,14H. The smallest absolute Gasteiger partial charge is 0.184 e. The summed E-state index contributed by atoms with van der Waals surface area (Å²) in [7, 11) is 0. The molecule has 1 aromatic carbocycles. The molecule has 3 rings (SSSR count). The Bertz CT molecular complexity index is 768. The van der Waals surface area contributed by atoms with Crippen LogP contribution in [0.3, 0.4) is 0 Å². The fraction of sp³-hybridized carbons (Fsp3) is 0.0667. The van der Waals surface area contributed by atoms with Gasteiger partial charge in [0.25, 0.3) is 0 Å². The van der Waals surface area contributed by atoms with Crippen molar-refractivity contribution in [3.63, 3.8) is 0 Å². The molecule has 1 atom stereocenters. The van der Waals surface area contributed by atoms with E-state index in [9.17, 15) is 4.79 Å². The lowest BCUT2D eigenvalue weighted by atomic mass is 10.0. The summed E-state index contributed by atoms with van der Waals surface area (Å²) in [6.07, 6.45) is 3.44. The highest BCUT2D eigenvalue weighted by Crippen LogP contribution is 2.28. The molecule has 3 nitrogen and oxygen atoms in total. The number of Topliss-reactive ketones (excluding diaryl/α,β-unsaturated/α-hetero) is 1. The summed E-state index contributed by atoms with van der Waals surface area (Å²) >= 11 is 6.87. The monoisotopic (exact) mass is 392 g/mol. The zero-order valence-electron chi connectivity index (χ0n) is 10.3. The van der Waals surface area contributed by atoms with Crippen molar-refractivity contribution in [1.29, 1.82) is 0 Å². The van der Waals surface area contributed by atoms with Crippen LogP contribution in [0.25, 0.3) is 5.52 Å². The molecule has 3 aromatic rings. The number of carbonyl (C=O) groups is 1. The van der Waals surface area contributed by atoms with E-state index in [0.717, 1.165) is 15.6 Å². The third-order valence-electron chi connectivity index (χ3n) is 3.07. The topological polar surface area (TPSA) is 34.4 Å². The van der Waals surface area contributed by atoms with Crippen molar-refractivity contribution in [1.82, 2.24) is 9.61 Å². The van der Waals surface area contributed by atoms with E-state index in [1.54, 1.807) is 10.7 Å². The van der Waals surface area contributed by atoms with Crippen LogP contribution in [0.15, 0.2) is 59.3 Å². The number of ketones is 1.